The molecular formula is C35H38O4S. The Morgan fingerprint density at radius 3 is 1.62 bits per heavy atom. The lowest BCUT2D eigenvalue weighted by Gasteiger charge is -2.48. The Hall–Kier alpha value is -3.57. The molecule has 4 aromatic carbocycles. The molecule has 0 saturated heterocycles. The maximum absolute atomic E-state index is 13.4. The fourth-order valence-electron chi connectivity index (χ4n) is 6.61. The van der Waals surface area contributed by atoms with Crippen molar-refractivity contribution in [3.05, 3.63) is 114 Å². The molecule has 0 aromatic heterocycles. The lowest BCUT2D eigenvalue weighted by Crippen LogP contribution is -2.41. The van der Waals surface area contributed by atoms with Crippen molar-refractivity contribution in [1.82, 2.24) is 0 Å². The second-order valence-corrected chi connectivity index (χ2v) is 14.0. The summed E-state index contributed by atoms with van der Waals surface area (Å²) < 4.78 is 38.1. The topological polar surface area (TPSA) is 52.6 Å². The fraction of sp³-hybridized carbons (Fsp3) is 0.314. The number of methoxy groups -OCH3 is 1. The van der Waals surface area contributed by atoms with E-state index in [-0.39, 0.29) is 15.7 Å². The molecule has 5 rings (SSSR count). The summed E-state index contributed by atoms with van der Waals surface area (Å²) in [5.41, 5.74) is 3.48. The molecule has 208 valence electrons. The van der Waals surface area contributed by atoms with Crippen LogP contribution in [0.4, 0.5) is 0 Å². The minimum Gasteiger partial charge on any atom is -0.497 e. The van der Waals surface area contributed by atoms with Gasteiger partial charge in [0.25, 0.3) is 0 Å². The van der Waals surface area contributed by atoms with Gasteiger partial charge in [-0.15, -0.1) is 0 Å². The number of rotatable bonds is 7. The summed E-state index contributed by atoms with van der Waals surface area (Å²) in [6.45, 7) is 9.07. The molecular weight excluding hydrogens is 516 g/mol. The highest BCUT2D eigenvalue weighted by Crippen LogP contribution is 2.53. The van der Waals surface area contributed by atoms with E-state index in [9.17, 15) is 8.42 Å². The van der Waals surface area contributed by atoms with Crippen molar-refractivity contribution in [2.45, 2.75) is 62.2 Å². The maximum atomic E-state index is 13.4. The third-order valence-electron chi connectivity index (χ3n) is 8.13. The molecule has 40 heavy (non-hydrogen) atoms. The summed E-state index contributed by atoms with van der Waals surface area (Å²) >= 11 is 0. The van der Waals surface area contributed by atoms with Crippen LogP contribution in [0, 0.1) is 18.3 Å². The third-order valence-corrected chi connectivity index (χ3v) is 9.91. The van der Waals surface area contributed by atoms with Crippen LogP contribution in [0.15, 0.2) is 107 Å². The zero-order valence-electron chi connectivity index (χ0n) is 24.0. The molecule has 2 atom stereocenters. The van der Waals surface area contributed by atoms with Gasteiger partial charge in [0, 0.05) is 5.41 Å². The van der Waals surface area contributed by atoms with Crippen LogP contribution in [0.5, 0.6) is 17.2 Å². The largest absolute Gasteiger partial charge is 0.497 e. The Kier molecular flexibility index (Phi) is 7.54. The molecule has 0 aliphatic heterocycles. The van der Waals surface area contributed by atoms with Gasteiger partial charge in [0.05, 0.1) is 16.9 Å². The molecule has 0 radical (unpaired) electrons. The van der Waals surface area contributed by atoms with E-state index in [0.29, 0.717) is 16.6 Å². The first-order chi connectivity index (χ1) is 19.0. The van der Waals surface area contributed by atoms with E-state index in [0.717, 1.165) is 36.3 Å². The van der Waals surface area contributed by atoms with Crippen molar-refractivity contribution in [2.24, 2.45) is 11.3 Å². The summed E-state index contributed by atoms with van der Waals surface area (Å²) in [5.74, 6) is 2.76. The number of aryl methyl sites for hydroxylation is 1. The second-order valence-electron chi connectivity index (χ2n) is 12.1. The van der Waals surface area contributed by atoms with Gasteiger partial charge < -0.3 is 9.47 Å². The van der Waals surface area contributed by atoms with Crippen LogP contribution in [-0.2, 0) is 15.3 Å². The van der Waals surface area contributed by atoms with Gasteiger partial charge in [0.1, 0.15) is 17.2 Å². The minimum absolute atomic E-state index is 0.141. The van der Waals surface area contributed by atoms with Crippen LogP contribution >= 0.6 is 0 Å². The Balaban J connectivity index is 1.50. The molecule has 0 heterocycles. The molecule has 5 heteroatoms. The fourth-order valence-corrected chi connectivity index (χ4v) is 7.87. The Morgan fingerprint density at radius 1 is 0.675 bits per heavy atom. The first kappa shape index (κ1) is 28.0. The van der Waals surface area contributed by atoms with E-state index in [1.54, 1.807) is 43.5 Å². The molecule has 0 N–H and O–H groups in total. The molecule has 1 saturated carbocycles. The molecule has 2 unspecified atom stereocenters. The van der Waals surface area contributed by atoms with Crippen molar-refractivity contribution < 1.29 is 17.9 Å². The van der Waals surface area contributed by atoms with Crippen molar-refractivity contribution in [1.29, 1.82) is 0 Å². The van der Waals surface area contributed by atoms with E-state index < -0.39 is 9.84 Å². The van der Waals surface area contributed by atoms with Crippen LogP contribution in [0.2, 0.25) is 0 Å². The minimum atomic E-state index is -3.64. The third kappa shape index (κ3) is 5.66. The SMILES string of the molecule is COc1ccc(S(=O)(=O)c2ccc(C3(c4ccc(Oc5ccc(C)cc5)cc4)CC(C)CC(C)(C)C3)cc2)cc1. The van der Waals surface area contributed by atoms with Gasteiger partial charge in [-0.25, -0.2) is 8.42 Å². The molecule has 0 bridgehead atoms. The quantitative estimate of drug-likeness (QED) is 0.229. The summed E-state index contributed by atoms with van der Waals surface area (Å²) in [4.78, 5) is 0.550. The summed E-state index contributed by atoms with van der Waals surface area (Å²) in [5, 5.41) is 0. The smallest absolute Gasteiger partial charge is 0.206 e. The summed E-state index contributed by atoms with van der Waals surface area (Å²) in [6.07, 6.45) is 3.14. The lowest BCUT2D eigenvalue weighted by molar-refractivity contribution is 0.127. The van der Waals surface area contributed by atoms with E-state index in [1.807, 2.05) is 48.5 Å². The average molecular weight is 555 g/mol. The standard InChI is InChI=1S/C35H38O4S/c1-25-6-12-30(13-7-25)39-31-14-8-27(9-15-31)35(23-26(2)22-34(3,4)24-35)28-10-18-32(19-11-28)40(36,37)33-20-16-29(38-5)17-21-33/h6-21,26H,22-24H2,1-5H3. The van der Waals surface area contributed by atoms with Crippen LogP contribution in [0.3, 0.4) is 0 Å². The van der Waals surface area contributed by atoms with E-state index in [1.165, 1.54) is 11.1 Å². The van der Waals surface area contributed by atoms with Crippen LogP contribution < -0.4 is 9.47 Å². The maximum Gasteiger partial charge on any atom is 0.206 e. The van der Waals surface area contributed by atoms with E-state index in [4.69, 9.17) is 9.47 Å². The van der Waals surface area contributed by atoms with Crippen molar-refractivity contribution in [2.75, 3.05) is 7.11 Å². The molecule has 0 spiro atoms. The van der Waals surface area contributed by atoms with Crippen molar-refractivity contribution >= 4 is 9.84 Å². The van der Waals surface area contributed by atoms with Crippen LogP contribution in [0.25, 0.3) is 0 Å². The zero-order valence-corrected chi connectivity index (χ0v) is 24.8. The molecule has 1 aliphatic carbocycles. The number of ether oxygens (including phenoxy) is 2. The van der Waals surface area contributed by atoms with Gasteiger partial charge in [-0.1, -0.05) is 62.7 Å². The van der Waals surface area contributed by atoms with Gasteiger partial charge in [-0.2, -0.15) is 0 Å². The predicted octanol–water partition coefficient (Wildman–Crippen LogP) is 8.76. The lowest BCUT2D eigenvalue weighted by atomic mass is 9.55. The molecule has 4 aromatic rings. The van der Waals surface area contributed by atoms with Crippen molar-refractivity contribution in [3.8, 4) is 17.2 Å². The summed E-state index contributed by atoms with van der Waals surface area (Å²) in [6, 6.07) is 30.6. The Bertz CT molecular complexity index is 1550. The Morgan fingerprint density at radius 2 is 1.12 bits per heavy atom. The Labute approximate surface area is 238 Å². The second kappa shape index (κ2) is 10.8. The predicted molar refractivity (Wildman–Crippen MR) is 160 cm³/mol. The van der Waals surface area contributed by atoms with Crippen molar-refractivity contribution in [3.63, 3.8) is 0 Å². The highest BCUT2D eigenvalue weighted by atomic mass is 32.2. The highest BCUT2D eigenvalue weighted by Gasteiger charge is 2.45. The van der Waals surface area contributed by atoms with E-state index >= 15 is 0 Å². The van der Waals surface area contributed by atoms with Gasteiger partial charge in [-0.3, -0.25) is 0 Å². The number of benzene rings is 4. The number of sulfone groups is 1. The van der Waals surface area contributed by atoms with Gasteiger partial charge >= 0.3 is 0 Å². The van der Waals surface area contributed by atoms with Crippen LogP contribution in [-0.4, -0.2) is 15.5 Å². The monoisotopic (exact) mass is 554 g/mol. The molecule has 1 fully saturated rings. The summed E-state index contributed by atoms with van der Waals surface area (Å²) in [7, 11) is -2.07. The van der Waals surface area contributed by atoms with Gasteiger partial charge in [0.2, 0.25) is 9.84 Å². The normalized spacial score (nSPS) is 20.6. The average Bonchev–Trinajstić information content (AvgIpc) is 2.93. The molecule has 4 nitrogen and oxygen atoms in total. The number of hydrogen-bond donors (Lipinski definition) is 0. The molecule has 0 amide bonds. The van der Waals surface area contributed by atoms with Gasteiger partial charge in [0.15, 0.2) is 0 Å². The highest BCUT2D eigenvalue weighted by molar-refractivity contribution is 7.91. The van der Waals surface area contributed by atoms with E-state index in [2.05, 4.69) is 39.8 Å². The first-order valence-corrected chi connectivity index (χ1v) is 15.3. The molecule has 1 aliphatic rings. The van der Waals surface area contributed by atoms with Gasteiger partial charge in [-0.05, 0) is 109 Å². The number of hydrogen-bond acceptors (Lipinski definition) is 4. The first-order valence-electron chi connectivity index (χ1n) is 13.9. The zero-order chi connectivity index (χ0) is 28.5. The van der Waals surface area contributed by atoms with Crippen LogP contribution in [0.1, 0.15) is 56.7 Å².